The zero-order valence-corrected chi connectivity index (χ0v) is 15.0. The van der Waals surface area contributed by atoms with Crippen molar-refractivity contribution in [2.75, 3.05) is 52.4 Å². The second kappa shape index (κ2) is 8.98. The molecule has 2 aliphatic rings. The zero-order chi connectivity index (χ0) is 18.4. The first-order chi connectivity index (χ1) is 12.6. The fraction of sp³-hybridized carbons (Fsp3) is 0.579. The molecule has 1 aromatic carbocycles. The molecule has 1 aromatic rings. The molecule has 6 nitrogen and oxygen atoms in total. The molecule has 0 bridgehead atoms. The van der Waals surface area contributed by atoms with Gasteiger partial charge in [-0.05, 0) is 37.1 Å². The van der Waals surface area contributed by atoms with Crippen molar-refractivity contribution in [1.82, 2.24) is 14.7 Å². The number of halogens is 1. The molecular weight excluding hydrogens is 337 g/mol. The molecule has 0 aromatic heterocycles. The molecule has 3 rings (SSSR count). The van der Waals surface area contributed by atoms with E-state index in [0.717, 1.165) is 39.0 Å². The summed E-state index contributed by atoms with van der Waals surface area (Å²) in [5.74, 6) is 0.506. The Labute approximate surface area is 153 Å². The number of carbonyl (C=O) groups is 2. The Bertz CT molecular complexity index is 609. The molecule has 2 aliphatic heterocycles. The summed E-state index contributed by atoms with van der Waals surface area (Å²) >= 11 is 0. The van der Waals surface area contributed by atoms with Gasteiger partial charge in [0.2, 0.25) is 11.8 Å². The Kier molecular flexibility index (Phi) is 6.44. The van der Waals surface area contributed by atoms with E-state index in [9.17, 15) is 14.0 Å². The summed E-state index contributed by atoms with van der Waals surface area (Å²) in [7, 11) is 0. The van der Waals surface area contributed by atoms with Crippen LogP contribution < -0.4 is 4.74 Å². The molecule has 2 heterocycles. The topological polar surface area (TPSA) is 53.1 Å². The molecule has 0 radical (unpaired) electrons. The van der Waals surface area contributed by atoms with Gasteiger partial charge in [-0.15, -0.1) is 0 Å². The zero-order valence-electron chi connectivity index (χ0n) is 15.0. The largest absolute Gasteiger partial charge is 0.493 e. The molecule has 2 saturated heterocycles. The monoisotopic (exact) mass is 363 g/mol. The van der Waals surface area contributed by atoms with Gasteiger partial charge in [0.05, 0.1) is 19.6 Å². The SMILES string of the molecule is O=C(CCOc1ccc(F)cc1)N1CCN(CC(=O)N2CCCC2)CC1. The molecular formula is C19H26FN3O3. The molecule has 2 fully saturated rings. The van der Waals surface area contributed by atoms with Crippen molar-refractivity contribution in [3.8, 4) is 5.75 Å². The normalized spacial score (nSPS) is 18.2. The van der Waals surface area contributed by atoms with Crippen LogP contribution in [0, 0.1) is 5.82 Å². The first-order valence-electron chi connectivity index (χ1n) is 9.28. The predicted octanol–water partition coefficient (Wildman–Crippen LogP) is 1.36. The van der Waals surface area contributed by atoms with E-state index in [0.29, 0.717) is 31.8 Å². The van der Waals surface area contributed by atoms with Crippen LogP contribution in [-0.2, 0) is 9.59 Å². The Morgan fingerprint density at radius 2 is 1.50 bits per heavy atom. The number of carbonyl (C=O) groups excluding carboxylic acids is 2. The van der Waals surface area contributed by atoms with Crippen molar-refractivity contribution in [2.24, 2.45) is 0 Å². The van der Waals surface area contributed by atoms with Gasteiger partial charge in [0.15, 0.2) is 0 Å². The van der Waals surface area contributed by atoms with Crippen LogP contribution in [0.4, 0.5) is 4.39 Å². The fourth-order valence-electron chi connectivity index (χ4n) is 3.36. The van der Waals surface area contributed by atoms with Crippen molar-refractivity contribution < 1.29 is 18.7 Å². The minimum Gasteiger partial charge on any atom is -0.493 e. The van der Waals surface area contributed by atoms with Crippen molar-refractivity contribution >= 4 is 11.8 Å². The van der Waals surface area contributed by atoms with E-state index < -0.39 is 0 Å². The third kappa shape index (κ3) is 5.17. The van der Waals surface area contributed by atoms with Crippen molar-refractivity contribution in [2.45, 2.75) is 19.3 Å². The highest BCUT2D eigenvalue weighted by molar-refractivity contribution is 5.79. The molecule has 2 amide bonds. The molecule has 142 valence electrons. The number of benzene rings is 1. The molecule has 0 unspecified atom stereocenters. The van der Waals surface area contributed by atoms with Gasteiger partial charge in [-0.1, -0.05) is 0 Å². The van der Waals surface area contributed by atoms with Gasteiger partial charge in [0, 0.05) is 39.3 Å². The van der Waals surface area contributed by atoms with E-state index in [1.165, 1.54) is 12.1 Å². The highest BCUT2D eigenvalue weighted by atomic mass is 19.1. The summed E-state index contributed by atoms with van der Waals surface area (Å²) in [6, 6.07) is 5.77. The van der Waals surface area contributed by atoms with Crippen LogP contribution in [-0.4, -0.2) is 78.9 Å². The van der Waals surface area contributed by atoms with Crippen LogP contribution >= 0.6 is 0 Å². The Morgan fingerprint density at radius 3 is 2.15 bits per heavy atom. The maximum Gasteiger partial charge on any atom is 0.236 e. The minimum atomic E-state index is -0.311. The standard InChI is InChI=1S/C19H26FN3O3/c20-16-3-5-17(6-4-16)26-14-7-18(24)23-12-10-21(11-13-23)15-19(25)22-8-1-2-9-22/h3-6H,1-2,7-15H2. The third-order valence-electron chi connectivity index (χ3n) is 4.94. The molecule has 0 aliphatic carbocycles. The summed E-state index contributed by atoms with van der Waals surface area (Å²) in [4.78, 5) is 30.3. The van der Waals surface area contributed by atoms with E-state index in [1.807, 2.05) is 9.80 Å². The first-order valence-corrected chi connectivity index (χ1v) is 9.28. The number of rotatable bonds is 6. The average Bonchev–Trinajstić information content (AvgIpc) is 3.19. The van der Waals surface area contributed by atoms with Gasteiger partial charge < -0.3 is 14.5 Å². The van der Waals surface area contributed by atoms with E-state index in [1.54, 1.807) is 12.1 Å². The number of amides is 2. The molecule has 26 heavy (non-hydrogen) atoms. The molecule has 0 N–H and O–H groups in total. The van der Waals surface area contributed by atoms with Crippen LogP contribution in [0.3, 0.4) is 0 Å². The summed E-state index contributed by atoms with van der Waals surface area (Å²) < 4.78 is 18.3. The smallest absolute Gasteiger partial charge is 0.236 e. The van der Waals surface area contributed by atoms with E-state index in [2.05, 4.69) is 4.90 Å². The lowest BCUT2D eigenvalue weighted by Gasteiger charge is -2.35. The molecule has 0 saturated carbocycles. The summed E-state index contributed by atoms with van der Waals surface area (Å²) in [6.45, 7) is 5.23. The highest BCUT2D eigenvalue weighted by Gasteiger charge is 2.25. The maximum atomic E-state index is 12.8. The van der Waals surface area contributed by atoms with Gasteiger partial charge in [-0.2, -0.15) is 0 Å². The van der Waals surface area contributed by atoms with Crippen LogP contribution in [0.15, 0.2) is 24.3 Å². The first kappa shape index (κ1) is 18.6. The van der Waals surface area contributed by atoms with Crippen LogP contribution in [0.5, 0.6) is 5.75 Å². The van der Waals surface area contributed by atoms with E-state index in [-0.39, 0.29) is 24.2 Å². The maximum absolute atomic E-state index is 12.8. The third-order valence-corrected chi connectivity index (χ3v) is 4.94. The molecule has 0 atom stereocenters. The van der Waals surface area contributed by atoms with Gasteiger partial charge in [0.1, 0.15) is 11.6 Å². The second-order valence-electron chi connectivity index (χ2n) is 6.80. The molecule has 7 heteroatoms. The quantitative estimate of drug-likeness (QED) is 0.766. The second-order valence-corrected chi connectivity index (χ2v) is 6.80. The van der Waals surface area contributed by atoms with Gasteiger partial charge in [-0.25, -0.2) is 4.39 Å². The van der Waals surface area contributed by atoms with Gasteiger partial charge in [0.25, 0.3) is 0 Å². The molecule has 0 spiro atoms. The Hall–Kier alpha value is -2.15. The number of piperazine rings is 1. The number of hydrogen-bond acceptors (Lipinski definition) is 4. The van der Waals surface area contributed by atoms with Crippen LogP contribution in [0.2, 0.25) is 0 Å². The highest BCUT2D eigenvalue weighted by Crippen LogP contribution is 2.12. The lowest BCUT2D eigenvalue weighted by Crippen LogP contribution is -2.51. The van der Waals surface area contributed by atoms with E-state index in [4.69, 9.17) is 4.74 Å². The van der Waals surface area contributed by atoms with Crippen LogP contribution in [0.25, 0.3) is 0 Å². The Morgan fingerprint density at radius 1 is 0.885 bits per heavy atom. The van der Waals surface area contributed by atoms with E-state index >= 15 is 0 Å². The van der Waals surface area contributed by atoms with Crippen molar-refractivity contribution in [3.05, 3.63) is 30.1 Å². The number of likely N-dealkylation sites (tertiary alicyclic amines) is 1. The lowest BCUT2D eigenvalue weighted by atomic mass is 10.2. The van der Waals surface area contributed by atoms with Crippen molar-refractivity contribution in [3.63, 3.8) is 0 Å². The van der Waals surface area contributed by atoms with Gasteiger partial charge in [-0.3, -0.25) is 14.5 Å². The van der Waals surface area contributed by atoms with Crippen molar-refractivity contribution in [1.29, 1.82) is 0 Å². The number of nitrogens with zero attached hydrogens (tertiary/aromatic N) is 3. The lowest BCUT2D eigenvalue weighted by molar-refractivity contribution is -0.135. The number of hydrogen-bond donors (Lipinski definition) is 0. The van der Waals surface area contributed by atoms with Gasteiger partial charge >= 0.3 is 0 Å². The van der Waals surface area contributed by atoms with Crippen LogP contribution in [0.1, 0.15) is 19.3 Å². The average molecular weight is 363 g/mol. The number of ether oxygens (including phenoxy) is 1. The fourth-order valence-corrected chi connectivity index (χ4v) is 3.36. The summed E-state index contributed by atoms with van der Waals surface area (Å²) in [5.41, 5.74) is 0. The summed E-state index contributed by atoms with van der Waals surface area (Å²) in [6.07, 6.45) is 2.51. The Balaban J connectivity index is 1.34. The predicted molar refractivity (Wildman–Crippen MR) is 95.3 cm³/mol. The summed E-state index contributed by atoms with van der Waals surface area (Å²) in [5, 5.41) is 0. The minimum absolute atomic E-state index is 0.0534.